The summed E-state index contributed by atoms with van der Waals surface area (Å²) in [6.07, 6.45) is 6.54. The third kappa shape index (κ3) is 2.57. The molecule has 0 aliphatic heterocycles. The van der Waals surface area contributed by atoms with E-state index < -0.39 is 11.2 Å². The molecule has 1 N–H and O–H groups in total. The Morgan fingerprint density at radius 1 is 1.23 bits per heavy atom. The number of hydrogen-bond acceptors (Lipinski definition) is 4. The van der Waals surface area contributed by atoms with E-state index in [0.29, 0.717) is 11.5 Å². The van der Waals surface area contributed by atoms with E-state index >= 15 is 0 Å². The number of aryl methyl sites for hydroxylation is 1. The van der Waals surface area contributed by atoms with Crippen LogP contribution in [-0.4, -0.2) is 26.1 Å². The van der Waals surface area contributed by atoms with Gasteiger partial charge in [-0.1, -0.05) is 6.42 Å². The second-order valence-electron chi connectivity index (χ2n) is 7.90. The molecule has 2 heterocycles. The van der Waals surface area contributed by atoms with Crippen molar-refractivity contribution in [1.29, 1.82) is 0 Å². The summed E-state index contributed by atoms with van der Waals surface area (Å²) >= 11 is 0. The molecule has 4 atom stereocenters. The maximum atomic E-state index is 12.7. The number of rotatable bonds is 3. The van der Waals surface area contributed by atoms with Gasteiger partial charge in [-0.2, -0.15) is 0 Å². The highest BCUT2D eigenvalue weighted by molar-refractivity contribution is 5.96. The van der Waals surface area contributed by atoms with Gasteiger partial charge in [0.25, 0.3) is 11.5 Å². The van der Waals surface area contributed by atoms with Crippen LogP contribution in [-0.2, 0) is 14.1 Å². The van der Waals surface area contributed by atoms with Crippen LogP contribution in [0.1, 0.15) is 43.0 Å². The Labute approximate surface area is 151 Å². The molecule has 0 saturated heterocycles. The summed E-state index contributed by atoms with van der Waals surface area (Å²) in [5, 5.41) is 3.36. The predicted molar refractivity (Wildman–Crippen MR) is 98.1 cm³/mol. The highest BCUT2D eigenvalue weighted by Crippen LogP contribution is 2.49. The van der Waals surface area contributed by atoms with Gasteiger partial charge in [-0.15, -0.1) is 0 Å². The predicted octanol–water partition coefficient (Wildman–Crippen LogP) is 1.19. The Balaban J connectivity index is 1.61. The molecule has 2 aliphatic rings. The average Bonchev–Trinajstić information content (AvgIpc) is 3.27. The van der Waals surface area contributed by atoms with Gasteiger partial charge in [0.05, 0.1) is 10.9 Å². The third-order valence-electron chi connectivity index (χ3n) is 6.35. The highest BCUT2D eigenvalue weighted by Gasteiger charge is 2.42. The first-order valence-electron chi connectivity index (χ1n) is 9.23. The lowest BCUT2D eigenvalue weighted by Gasteiger charge is -2.28. The van der Waals surface area contributed by atoms with Gasteiger partial charge in [-0.25, -0.2) is 9.78 Å². The topological polar surface area (TPSA) is 86.0 Å². The van der Waals surface area contributed by atoms with Crippen LogP contribution in [0.25, 0.3) is 11.0 Å². The molecular formula is C19H24N4O3. The van der Waals surface area contributed by atoms with E-state index in [1.807, 2.05) is 0 Å². The number of aromatic nitrogens is 3. The molecule has 138 valence electrons. The van der Waals surface area contributed by atoms with Gasteiger partial charge < -0.3 is 5.32 Å². The summed E-state index contributed by atoms with van der Waals surface area (Å²) in [6.45, 7) is 2.07. The van der Waals surface area contributed by atoms with Crippen molar-refractivity contribution in [3.05, 3.63) is 38.7 Å². The molecule has 7 heteroatoms. The Morgan fingerprint density at radius 2 is 2.00 bits per heavy atom. The molecule has 2 fully saturated rings. The summed E-state index contributed by atoms with van der Waals surface area (Å²) in [6, 6.07) is 1.64. The van der Waals surface area contributed by atoms with E-state index in [4.69, 9.17) is 0 Å². The summed E-state index contributed by atoms with van der Waals surface area (Å²) in [4.78, 5) is 41.2. The van der Waals surface area contributed by atoms with Crippen LogP contribution < -0.4 is 16.6 Å². The Morgan fingerprint density at radius 3 is 2.65 bits per heavy atom. The smallest absolute Gasteiger partial charge is 0.332 e. The molecule has 2 aromatic rings. The number of hydrogen-bond donors (Lipinski definition) is 1. The van der Waals surface area contributed by atoms with Gasteiger partial charge in [-0.3, -0.25) is 18.7 Å². The molecule has 2 bridgehead atoms. The molecule has 2 saturated carbocycles. The van der Waals surface area contributed by atoms with E-state index in [2.05, 4.69) is 17.2 Å². The van der Waals surface area contributed by atoms with Crippen molar-refractivity contribution < 1.29 is 4.79 Å². The largest absolute Gasteiger partial charge is 0.349 e. The first-order chi connectivity index (χ1) is 12.4. The standard InChI is InChI=1S/C19H24N4O3/c1-10(14-7-11-4-5-12(14)6-11)21-17(24)13-8-15-16(20-9-13)22(2)19(26)23(3)18(15)25/h8-12,14H,4-7H2,1-3H3,(H,21,24)/t10-,11-,12-,14+/m0/s1. The second-order valence-corrected chi connectivity index (χ2v) is 7.90. The summed E-state index contributed by atoms with van der Waals surface area (Å²) in [5.41, 5.74) is -0.234. The van der Waals surface area contributed by atoms with Gasteiger partial charge in [0.15, 0.2) is 0 Å². The lowest BCUT2D eigenvalue weighted by molar-refractivity contribution is 0.0915. The van der Waals surface area contributed by atoms with E-state index in [-0.39, 0.29) is 23.0 Å². The number of fused-ring (bicyclic) bond motifs is 3. The fourth-order valence-corrected chi connectivity index (χ4v) is 4.89. The van der Waals surface area contributed by atoms with Crippen LogP contribution >= 0.6 is 0 Å². The molecule has 0 unspecified atom stereocenters. The monoisotopic (exact) mass is 356 g/mol. The number of carbonyl (C=O) groups is 1. The summed E-state index contributed by atoms with van der Waals surface area (Å²) in [7, 11) is 2.99. The zero-order chi connectivity index (χ0) is 18.6. The van der Waals surface area contributed by atoms with E-state index in [9.17, 15) is 14.4 Å². The van der Waals surface area contributed by atoms with Crippen molar-refractivity contribution in [3.63, 3.8) is 0 Å². The van der Waals surface area contributed by atoms with Gasteiger partial charge in [0.1, 0.15) is 5.65 Å². The molecule has 26 heavy (non-hydrogen) atoms. The average molecular weight is 356 g/mol. The van der Waals surface area contributed by atoms with Crippen molar-refractivity contribution in [2.24, 2.45) is 31.8 Å². The molecule has 7 nitrogen and oxygen atoms in total. The molecule has 4 rings (SSSR count). The number of carbonyl (C=O) groups excluding carboxylic acids is 1. The molecule has 1 amide bonds. The number of nitrogens with one attached hydrogen (secondary N) is 1. The van der Waals surface area contributed by atoms with Crippen molar-refractivity contribution in [2.75, 3.05) is 0 Å². The van der Waals surface area contributed by atoms with Crippen LogP contribution in [0.2, 0.25) is 0 Å². The fourth-order valence-electron chi connectivity index (χ4n) is 4.89. The number of nitrogens with zero attached hydrogens (tertiary/aromatic N) is 3. The molecular weight excluding hydrogens is 332 g/mol. The van der Waals surface area contributed by atoms with Crippen LogP contribution in [0.4, 0.5) is 0 Å². The minimum Gasteiger partial charge on any atom is -0.349 e. The van der Waals surface area contributed by atoms with Gasteiger partial charge in [0, 0.05) is 26.3 Å². The number of pyridine rings is 1. The lowest BCUT2D eigenvalue weighted by Crippen LogP contribution is -2.40. The van der Waals surface area contributed by atoms with Crippen molar-refractivity contribution in [2.45, 2.75) is 38.6 Å². The number of amides is 1. The van der Waals surface area contributed by atoms with E-state index in [1.54, 1.807) is 7.05 Å². The molecule has 2 aliphatic carbocycles. The van der Waals surface area contributed by atoms with Gasteiger partial charge >= 0.3 is 5.69 Å². The quantitative estimate of drug-likeness (QED) is 0.895. The van der Waals surface area contributed by atoms with Crippen LogP contribution in [0.3, 0.4) is 0 Å². The maximum Gasteiger partial charge on any atom is 0.332 e. The third-order valence-corrected chi connectivity index (χ3v) is 6.35. The maximum absolute atomic E-state index is 12.7. The lowest BCUT2D eigenvalue weighted by atomic mass is 9.84. The SMILES string of the molecule is C[C@H](NC(=O)c1cnc2c(c1)c(=O)n(C)c(=O)n2C)[C@H]1C[C@H]2CC[C@H]1C2. The Kier molecular flexibility index (Phi) is 3.97. The highest BCUT2D eigenvalue weighted by atomic mass is 16.2. The fraction of sp³-hybridized carbons (Fsp3) is 0.579. The summed E-state index contributed by atoms with van der Waals surface area (Å²) < 4.78 is 2.35. The van der Waals surface area contributed by atoms with Crippen LogP contribution in [0, 0.1) is 17.8 Å². The molecule has 0 aromatic carbocycles. The Hall–Kier alpha value is -2.44. The normalized spacial score (nSPS) is 25.6. The summed E-state index contributed by atoms with van der Waals surface area (Å²) in [5.74, 6) is 1.88. The zero-order valence-electron chi connectivity index (χ0n) is 15.4. The van der Waals surface area contributed by atoms with E-state index in [1.165, 1.54) is 49.6 Å². The van der Waals surface area contributed by atoms with Gasteiger partial charge in [-0.05, 0) is 50.0 Å². The van der Waals surface area contributed by atoms with Crippen molar-refractivity contribution >= 4 is 16.9 Å². The Bertz CT molecular complexity index is 1010. The van der Waals surface area contributed by atoms with Crippen LogP contribution in [0.15, 0.2) is 21.9 Å². The molecule has 2 aromatic heterocycles. The first-order valence-corrected chi connectivity index (χ1v) is 9.23. The molecule has 0 radical (unpaired) electrons. The van der Waals surface area contributed by atoms with Crippen molar-refractivity contribution in [1.82, 2.24) is 19.4 Å². The zero-order valence-corrected chi connectivity index (χ0v) is 15.4. The minimum atomic E-state index is -0.439. The molecule has 0 spiro atoms. The second kappa shape index (κ2) is 6.07. The first kappa shape index (κ1) is 17.0. The van der Waals surface area contributed by atoms with Gasteiger partial charge in [0.2, 0.25) is 0 Å². The minimum absolute atomic E-state index is 0.108. The van der Waals surface area contributed by atoms with E-state index in [0.717, 1.165) is 16.4 Å². The van der Waals surface area contributed by atoms with Crippen molar-refractivity contribution in [3.8, 4) is 0 Å². The van der Waals surface area contributed by atoms with Crippen LogP contribution in [0.5, 0.6) is 0 Å².